The second-order valence-electron chi connectivity index (χ2n) is 5.50. The summed E-state index contributed by atoms with van der Waals surface area (Å²) in [6.45, 7) is 1.87. The first-order valence-corrected chi connectivity index (χ1v) is 7.54. The number of amides is 1. The minimum absolute atomic E-state index is 0.0274. The van der Waals surface area contributed by atoms with Crippen LogP contribution < -0.4 is 5.32 Å². The largest absolute Gasteiger partial charge is 0.469 e. The Labute approximate surface area is 129 Å². The van der Waals surface area contributed by atoms with Crippen LogP contribution in [0.15, 0.2) is 18.2 Å². The van der Waals surface area contributed by atoms with Gasteiger partial charge in [0.25, 0.3) is 5.91 Å². The van der Waals surface area contributed by atoms with Crippen LogP contribution in [0, 0.1) is 12.8 Å². The lowest BCUT2D eigenvalue weighted by atomic mass is 9.86. The molecule has 21 heavy (non-hydrogen) atoms. The molecule has 0 bridgehead atoms. The third kappa shape index (κ3) is 3.97. The highest BCUT2D eigenvalue weighted by Crippen LogP contribution is 2.25. The number of ether oxygens (including phenoxy) is 1. The molecule has 2 rings (SSSR count). The summed E-state index contributed by atoms with van der Waals surface area (Å²) < 4.78 is 4.76. The monoisotopic (exact) mass is 309 g/mol. The predicted octanol–water partition coefficient (Wildman–Crippen LogP) is 3.11. The van der Waals surface area contributed by atoms with Gasteiger partial charge in [-0.05, 0) is 56.4 Å². The van der Waals surface area contributed by atoms with Crippen LogP contribution in [0.2, 0.25) is 5.02 Å². The maximum atomic E-state index is 12.3. The maximum absolute atomic E-state index is 12.3. The first-order valence-electron chi connectivity index (χ1n) is 7.16. The molecule has 1 aliphatic rings. The highest BCUT2D eigenvalue weighted by Gasteiger charge is 2.27. The fraction of sp³-hybridized carbons (Fsp3) is 0.500. The van der Waals surface area contributed by atoms with Crippen LogP contribution in [0.25, 0.3) is 0 Å². The van der Waals surface area contributed by atoms with Gasteiger partial charge in [-0.1, -0.05) is 11.6 Å². The first kappa shape index (κ1) is 15.8. The second-order valence-corrected chi connectivity index (χ2v) is 5.94. The molecule has 0 atom stereocenters. The predicted molar refractivity (Wildman–Crippen MR) is 81.4 cm³/mol. The molecule has 1 N–H and O–H groups in total. The van der Waals surface area contributed by atoms with Gasteiger partial charge < -0.3 is 10.1 Å². The van der Waals surface area contributed by atoms with E-state index >= 15 is 0 Å². The van der Waals surface area contributed by atoms with Crippen LogP contribution in [0.1, 0.15) is 41.6 Å². The molecule has 5 heteroatoms. The van der Waals surface area contributed by atoms with E-state index in [4.69, 9.17) is 16.3 Å². The summed E-state index contributed by atoms with van der Waals surface area (Å²) in [5.74, 6) is -0.251. The molecule has 0 heterocycles. The van der Waals surface area contributed by atoms with Crippen LogP contribution in [0.4, 0.5) is 0 Å². The van der Waals surface area contributed by atoms with Crippen molar-refractivity contribution >= 4 is 23.5 Å². The third-order valence-corrected chi connectivity index (χ3v) is 4.27. The number of carbonyl (C=O) groups is 2. The summed E-state index contributed by atoms with van der Waals surface area (Å²) in [6, 6.07) is 5.36. The molecule has 1 aromatic rings. The van der Waals surface area contributed by atoms with E-state index in [1.807, 2.05) is 6.92 Å². The van der Waals surface area contributed by atoms with Crippen molar-refractivity contribution in [3.05, 3.63) is 34.3 Å². The van der Waals surface area contributed by atoms with Crippen molar-refractivity contribution in [1.29, 1.82) is 0 Å². The number of esters is 1. The van der Waals surface area contributed by atoms with Crippen molar-refractivity contribution in [3.63, 3.8) is 0 Å². The zero-order valence-corrected chi connectivity index (χ0v) is 13.1. The lowest BCUT2D eigenvalue weighted by molar-refractivity contribution is -0.146. The first-order chi connectivity index (χ1) is 10.0. The fourth-order valence-corrected chi connectivity index (χ4v) is 3.01. The molecular formula is C16H20ClNO3. The highest BCUT2D eigenvalue weighted by molar-refractivity contribution is 6.30. The molecule has 0 aliphatic heterocycles. The number of nitrogens with one attached hydrogen (secondary N) is 1. The molecular weight excluding hydrogens is 290 g/mol. The van der Waals surface area contributed by atoms with Crippen molar-refractivity contribution in [2.45, 2.75) is 38.6 Å². The molecule has 114 valence electrons. The summed E-state index contributed by atoms with van der Waals surface area (Å²) >= 11 is 5.90. The maximum Gasteiger partial charge on any atom is 0.308 e. The van der Waals surface area contributed by atoms with E-state index in [1.54, 1.807) is 18.2 Å². The number of rotatable bonds is 3. The molecule has 0 radical (unpaired) electrons. The van der Waals surface area contributed by atoms with Gasteiger partial charge in [0.05, 0.1) is 13.0 Å². The normalized spacial score (nSPS) is 21.7. The Morgan fingerprint density at radius 3 is 2.48 bits per heavy atom. The van der Waals surface area contributed by atoms with Gasteiger partial charge in [-0.15, -0.1) is 0 Å². The molecule has 4 nitrogen and oxygen atoms in total. The average molecular weight is 310 g/mol. The van der Waals surface area contributed by atoms with Crippen LogP contribution in [0.3, 0.4) is 0 Å². The number of benzene rings is 1. The van der Waals surface area contributed by atoms with E-state index in [-0.39, 0.29) is 23.8 Å². The Balaban J connectivity index is 1.91. The second kappa shape index (κ2) is 6.94. The molecule has 0 saturated heterocycles. The number of methoxy groups -OCH3 is 1. The SMILES string of the molecule is COC(=O)C1CCC(NC(=O)c2ccc(Cl)cc2C)CC1. The number of hydrogen-bond acceptors (Lipinski definition) is 3. The molecule has 1 aromatic carbocycles. The molecule has 1 saturated carbocycles. The Hall–Kier alpha value is -1.55. The van der Waals surface area contributed by atoms with Crippen LogP contribution in [-0.4, -0.2) is 25.0 Å². The van der Waals surface area contributed by atoms with Gasteiger partial charge in [0.1, 0.15) is 0 Å². The Morgan fingerprint density at radius 1 is 1.24 bits per heavy atom. The average Bonchev–Trinajstić information content (AvgIpc) is 2.47. The van der Waals surface area contributed by atoms with Crippen LogP contribution >= 0.6 is 11.6 Å². The van der Waals surface area contributed by atoms with Crippen LogP contribution in [0.5, 0.6) is 0 Å². The van der Waals surface area contributed by atoms with Crippen molar-refractivity contribution in [3.8, 4) is 0 Å². The van der Waals surface area contributed by atoms with Gasteiger partial charge in [-0.25, -0.2) is 0 Å². The van der Waals surface area contributed by atoms with Gasteiger partial charge in [0.15, 0.2) is 0 Å². The molecule has 0 aromatic heterocycles. The van der Waals surface area contributed by atoms with Crippen molar-refractivity contribution in [2.75, 3.05) is 7.11 Å². The highest BCUT2D eigenvalue weighted by atomic mass is 35.5. The molecule has 0 spiro atoms. The summed E-state index contributed by atoms with van der Waals surface area (Å²) in [5, 5.41) is 3.67. The van der Waals surface area contributed by atoms with E-state index in [0.29, 0.717) is 10.6 Å². The number of aryl methyl sites for hydroxylation is 1. The minimum atomic E-state index is -0.145. The minimum Gasteiger partial charge on any atom is -0.469 e. The number of halogens is 1. The van der Waals surface area contributed by atoms with Gasteiger partial charge >= 0.3 is 5.97 Å². The zero-order valence-electron chi connectivity index (χ0n) is 12.3. The number of carbonyl (C=O) groups excluding carboxylic acids is 2. The van der Waals surface area contributed by atoms with E-state index in [9.17, 15) is 9.59 Å². The Kier molecular flexibility index (Phi) is 5.23. The summed E-state index contributed by atoms with van der Waals surface area (Å²) in [4.78, 5) is 23.7. The number of hydrogen-bond donors (Lipinski definition) is 1. The van der Waals surface area contributed by atoms with Gasteiger partial charge in [0.2, 0.25) is 0 Å². The topological polar surface area (TPSA) is 55.4 Å². The van der Waals surface area contributed by atoms with Crippen molar-refractivity contribution < 1.29 is 14.3 Å². The molecule has 1 aliphatic carbocycles. The standard InChI is InChI=1S/C16H20ClNO3/c1-10-9-12(17)5-8-14(10)15(19)18-13-6-3-11(4-7-13)16(20)21-2/h5,8-9,11,13H,3-4,6-7H2,1-2H3,(H,18,19). The molecule has 0 unspecified atom stereocenters. The van der Waals surface area contributed by atoms with E-state index in [2.05, 4.69) is 5.32 Å². The van der Waals surface area contributed by atoms with Gasteiger partial charge in [0, 0.05) is 16.6 Å². The molecule has 1 fully saturated rings. The molecule has 1 amide bonds. The Bertz CT molecular complexity index is 536. The summed E-state index contributed by atoms with van der Waals surface area (Å²) in [6.07, 6.45) is 3.13. The van der Waals surface area contributed by atoms with Crippen molar-refractivity contribution in [2.24, 2.45) is 5.92 Å². The zero-order chi connectivity index (χ0) is 15.4. The summed E-state index contributed by atoms with van der Waals surface area (Å²) in [7, 11) is 1.42. The lowest BCUT2D eigenvalue weighted by Crippen LogP contribution is -2.39. The smallest absolute Gasteiger partial charge is 0.308 e. The summed E-state index contributed by atoms with van der Waals surface area (Å²) in [5.41, 5.74) is 1.51. The Morgan fingerprint density at radius 2 is 1.90 bits per heavy atom. The lowest BCUT2D eigenvalue weighted by Gasteiger charge is -2.27. The quantitative estimate of drug-likeness (QED) is 0.873. The van der Waals surface area contributed by atoms with E-state index < -0.39 is 0 Å². The fourth-order valence-electron chi connectivity index (χ4n) is 2.79. The van der Waals surface area contributed by atoms with Gasteiger partial charge in [-0.2, -0.15) is 0 Å². The third-order valence-electron chi connectivity index (χ3n) is 4.03. The van der Waals surface area contributed by atoms with Crippen LogP contribution in [-0.2, 0) is 9.53 Å². The van der Waals surface area contributed by atoms with Crippen molar-refractivity contribution in [1.82, 2.24) is 5.32 Å². The van der Waals surface area contributed by atoms with Gasteiger partial charge in [-0.3, -0.25) is 9.59 Å². The van der Waals surface area contributed by atoms with E-state index in [0.717, 1.165) is 31.2 Å². The van der Waals surface area contributed by atoms with E-state index in [1.165, 1.54) is 7.11 Å².